The van der Waals surface area contributed by atoms with E-state index in [-0.39, 0.29) is 17.6 Å². The van der Waals surface area contributed by atoms with E-state index in [1.165, 1.54) is 23.5 Å². The Balaban J connectivity index is 1.63. The van der Waals surface area contributed by atoms with Gasteiger partial charge in [-0.05, 0) is 35.9 Å². The third-order valence-electron chi connectivity index (χ3n) is 3.57. The van der Waals surface area contributed by atoms with Crippen LogP contribution in [0.1, 0.15) is 40.7 Å². The van der Waals surface area contributed by atoms with E-state index in [0.717, 1.165) is 10.6 Å². The normalized spacial score (nSPS) is 10.8. The van der Waals surface area contributed by atoms with E-state index in [1.807, 2.05) is 13.8 Å². The Bertz CT molecular complexity index is 894. The van der Waals surface area contributed by atoms with Gasteiger partial charge in [-0.3, -0.25) is 10.1 Å². The van der Waals surface area contributed by atoms with Gasteiger partial charge in [-0.15, -0.1) is 10.2 Å². The van der Waals surface area contributed by atoms with E-state index < -0.39 is 0 Å². The van der Waals surface area contributed by atoms with Crippen LogP contribution in [0.4, 0.5) is 9.52 Å². The fourth-order valence-corrected chi connectivity index (χ4v) is 2.90. The van der Waals surface area contributed by atoms with Gasteiger partial charge in [-0.25, -0.2) is 4.39 Å². The minimum absolute atomic E-state index is 0.265. The lowest BCUT2D eigenvalue weighted by Gasteiger charge is -2.08. The second kappa shape index (κ2) is 8.05. The van der Waals surface area contributed by atoms with Crippen molar-refractivity contribution in [2.24, 2.45) is 0 Å². The summed E-state index contributed by atoms with van der Waals surface area (Å²) >= 11 is 1.36. The molecule has 3 rings (SSSR count). The zero-order chi connectivity index (χ0) is 18.5. The second-order valence-corrected chi connectivity index (χ2v) is 7.01. The Labute approximate surface area is 154 Å². The van der Waals surface area contributed by atoms with Crippen molar-refractivity contribution in [1.29, 1.82) is 0 Å². The topological polar surface area (TPSA) is 64.1 Å². The van der Waals surface area contributed by atoms with Gasteiger partial charge >= 0.3 is 0 Å². The number of hydrogen-bond acceptors (Lipinski definition) is 5. The molecule has 1 aromatic heterocycles. The summed E-state index contributed by atoms with van der Waals surface area (Å²) in [5.74, 6) is 0.261. The number of amides is 1. The molecule has 0 aliphatic heterocycles. The molecule has 0 saturated carbocycles. The fraction of sp³-hybridized carbons (Fsp3) is 0.211. The van der Waals surface area contributed by atoms with E-state index in [0.29, 0.717) is 23.1 Å². The zero-order valence-electron chi connectivity index (χ0n) is 14.4. The molecule has 0 bridgehead atoms. The summed E-state index contributed by atoms with van der Waals surface area (Å²) in [7, 11) is 0. The first-order valence-corrected chi connectivity index (χ1v) is 8.95. The molecular weight excluding hydrogens is 353 g/mol. The number of benzene rings is 2. The van der Waals surface area contributed by atoms with E-state index in [2.05, 4.69) is 15.5 Å². The minimum Gasteiger partial charge on any atom is -0.489 e. The number of nitrogens with one attached hydrogen (secondary N) is 1. The largest absolute Gasteiger partial charge is 0.489 e. The molecule has 1 heterocycles. The van der Waals surface area contributed by atoms with Gasteiger partial charge in [-0.1, -0.05) is 43.4 Å². The summed E-state index contributed by atoms with van der Waals surface area (Å²) in [4.78, 5) is 12.4. The number of rotatable bonds is 6. The van der Waals surface area contributed by atoms with Crippen molar-refractivity contribution in [2.45, 2.75) is 26.4 Å². The highest BCUT2D eigenvalue weighted by atomic mass is 32.1. The number of hydrogen-bond donors (Lipinski definition) is 1. The van der Waals surface area contributed by atoms with Crippen LogP contribution in [0.3, 0.4) is 0 Å². The fourth-order valence-electron chi connectivity index (χ4n) is 2.16. The zero-order valence-corrected chi connectivity index (χ0v) is 15.2. The number of nitrogens with zero attached hydrogens (tertiary/aromatic N) is 2. The molecule has 0 atom stereocenters. The van der Waals surface area contributed by atoms with Gasteiger partial charge in [0.25, 0.3) is 5.91 Å². The van der Waals surface area contributed by atoms with Crippen molar-refractivity contribution < 1.29 is 13.9 Å². The van der Waals surface area contributed by atoms with Crippen molar-refractivity contribution >= 4 is 22.4 Å². The highest BCUT2D eigenvalue weighted by molar-refractivity contribution is 7.15. The summed E-state index contributed by atoms with van der Waals surface area (Å²) in [5, 5.41) is 12.1. The van der Waals surface area contributed by atoms with Crippen LogP contribution < -0.4 is 10.1 Å². The predicted molar refractivity (Wildman–Crippen MR) is 99.1 cm³/mol. The van der Waals surface area contributed by atoms with Gasteiger partial charge in [0.1, 0.15) is 23.2 Å². The number of halogens is 1. The van der Waals surface area contributed by atoms with E-state index in [9.17, 15) is 9.18 Å². The lowest BCUT2D eigenvalue weighted by molar-refractivity contribution is 0.102. The van der Waals surface area contributed by atoms with Crippen LogP contribution in [-0.4, -0.2) is 16.1 Å². The molecular formula is C19H18FN3O2S. The molecule has 0 aliphatic carbocycles. The maximum Gasteiger partial charge on any atom is 0.257 e. The number of carbonyl (C=O) groups is 1. The Morgan fingerprint density at radius 2 is 1.96 bits per heavy atom. The van der Waals surface area contributed by atoms with Crippen molar-refractivity contribution in [3.63, 3.8) is 0 Å². The third-order valence-corrected chi connectivity index (χ3v) is 4.71. The SMILES string of the molecule is CC(C)c1nnc(NC(=O)c2cccc(OCc3ccc(F)cc3)c2)s1. The lowest BCUT2D eigenvalue weighted by atomic mass is 10.2. The first-order valence-electron chi connectivity index (χ1n) is 8.13. The summed E-state index contributed by atoms with van der Waals surface area (Å²) in [6.45, 7) is 4.33. The molecule has 0 radical (unpaired) electrons. The minimum atomic E-state index is -0.287. The maximum atomic E-state index is 12.9. The molecule has 0 saturated heterocycles. The van der Waals surface area contributed by atoms with Gasteiger partial charge in [-0.2, -0.15) is 0 Å². The van der Waals surface area contributed by atoms with Gasteiger partial charge in [0.2, 0.25) is 5.13 Å². The maximum absolute atomic E-state index is 12.9. The van der Waals surface area contributed by atoms with Crippen LogP contribution in [-0.2, 0) is 6.61 Å². The molecule has 3 aromatic rings. The average Bonchev–Trinajstić information content (AvgIpc) is 3.10. The quantitative estimate of drug-likeness (QED) is 0.686. The molecule has 2 aromatic carbocycles. The highest BCUT2D eigenvalue weighted by Crippen LogP contribution is 2.23. The van der Waals surface area contributed by atoms with Crippen LogP contribution in [0.15, 0.2) is 48.5 Å². The van der Waals surface area contributed by atoms with E-state index in [1.54, 1.807) is 36.4 Å². The van der Waals surface area contributed by atoms with Gasteiger partial charge < -0.3 is 4.74 Å². The summed E-state index contributed by atoms with van der Waals surface area (Å²) in [6, 6.07) is 13.0. The smallest absolute Gasteiger partial charge is 0.257 e. The number of anilines is 1. The molecule has 26 heavy (non-hydrogen) atoms. The number of aromatic nitrogens is 2. The van der Waals surface area contributed by atoms with Crippen molar-refractivity contribution in [1.82, 2.24) is 10.2 Å². The molecule has 7 heteroatoms. The van der Waals surface area contributed by atoms with Crippen molar-refractivity contribution in [3.05, 3.63) is 70.5 Å². The van der Waals surface area contributed by atoms with Crippen LogP contribution in [0.5, 0.6) is 5.75 Å². The standard InChI is InChI=1S/C19H18FN3O2S/c1-12(2)18-22-23-19(26-18)21-17(24)14-4-3-5-16(10-14)25-11-13-6-8-15(20)9-7-13/h3-10,12H,11H2,1-2H3,(H,21,23,24). The molecule has 134 valence electrons. The Morgan fingerprint density at radius 3 is 2.65 bits per heavy atom. The first-order chi connectivity index (χ1) is 12.5. The monoisotopic (exact) mass is 371 g/mol. The molecule has 1 amide bonds. The number of ether oxygens (including phenoxy) is 1. The van der Waals surface area contributed by atoms with E-state index >= 15 is 0 Å². The first kappa shape index (κ1) is 18.0. The molecule has 0 spiro atoms. The summed E-state index contributed by atoms with van der Waals surface area (Å²) in [6.07, 6.45) is 0. The lowest BCUT2D eigenvalue weighted by Crippen LogP contribution is -2.11. The Hall–Kier alpha value is -2.80. The Kier molecular flexibility index (Phi) is 5.58. The van der Waals surface area contributed by atoms with Gasteiger partial charge in [0, 0.05) is 11.5 Å². The molecule has 5 nitrogen and oxygen atoms in total. The molecule has 1 N–H and O–H groups in total. The van der Waals surface area contributed by atoms with Crippen molar-refractivity contribution in [2.75, 3.05) is 5.32 Å². The predicted octanol–water partition coefficient (Wildman–Crippen LogP) is 4.63. The Morgan fingerprint density at radius 1 is 1.19 bits per heavy atom. The molecule has 0 unspecified atom stereocenters. The van der Waals surface area contributed by atoms with Crippen LogP contribution in [0, 0.1) is 5.82 Å². The molecule has 0 aliphatic rings. The summed E-state index contributed by atoms with van der Waals surface area (Å²) < 4.78 is 18.6. The summed E-state index contributed by atoms with van der Waals surface area (Å²) in [5.41, 5.74) is 1.30. The van der Waals surface area contributed by atoms with Crippen LogP contribution >= 0.6 is 11.3 Å². The van der Waals surface area contributed by atoms with Gasteiger partial charge in [0.05, 0.1) is 0 Å². The highest BCUT2D eigenvalue weighted by Gasteiger charge is 2.12. The van der Waals surface area contributed by atoms with Crippen molar-refractivity contribution in [3.8, 4) is 5.75 Å². The average molecular weight is 371 g/mol. The van der Waals surface area contributed by atoms with Crippen LogP contribution in [0.25, 0.3) is 0 Å². The number of carbonyl (C=O) groups excluding carboxylic acids is 1. The van der Waals surface area contributed by atoms with Gasteiger partial charge in [0.15, 0.2) is 0 Å². The second-order valence-electron chi connectivity index (χ2n) is 6.00. The van der Waals surface area contributed by atoms with Crippen LogP contribution in [0.2, 0.25) is 0 Å². The molecule has 0 fully saturated rings. The van der Waals surface area contributed by atoms with E-state index in [4.69, 9.17) is 4.74 Å². The third kappa shape index (κ3) is 4.64.